The predicted octanol–water partition coefficient (Wildman–Crippen LogP) is 2.99. The van der Waals surface area contributed by atoms with Gasteiger partial charge < -0.3 is 19.8 Å². The number of ether oxygens (including phenoxy) is 2. The van der Waals surface area contributed by atoms with Crippen molar-refractivity contribution < 1.29 is 9.47 Å². The Balaban J connectivity index is 2.08. The lowest BCUT2D eigenvalue weighted by Gasteiger charge is -2.14. The fourth-order valence-electron chi connectivity index (χ4n) is 2.32. The van der Waals surface area contributed by atoms with Gasteiger partial charge in [0.15, 0.2) is 11.5 Å². The first-order valence-electron chi connectivity index (χ1n) is 8.00. The van der Waals surface area contributed by atoms with E-state index in [-0.39, 0.29) is 5.56 Å². The highest BCUT2D eigenvalue weighted by molar-refractivity contribution is 6.32. The summed E-state index contributed by atoms with van der Waals surface area (Å²) in [7, 11) is 0. The summed E-state index contributed by atoms with van der Waals surface area (Å²) in [5, 5.41) is 3.71. The van der Waals surface area contributed by atoms with Gasteiger partial charge in [-0.25, -0.2) is 4.98 Å². The predicted molar refractivity (Wildman–Crippen MR) is 98.5 cm³/mol. The highest BCUT2D eigenvalue weighted by Crippen LogP contribution is 2.36. The van der Waals surface area contributed by atoms with Crippen molar-refractivity contribution >= 4 is 11.6 Å². The molecule has 6 nitrogen and oxygen atoms in total. The van der Waals surface area contributed by atoms with Crippen LogP contribution in [0.4, 0.5) is 0 Å². The molecule has 0 aliphatic rings. The minimum atomic E-state index is -0.158. The van der Waals surface area contributed by atoms with E-state index in [0.29, 0.717) is 54.3 Å². The average Bonchev–Trinajstić information content (AvgIpc) is 2.53. The van der Waals surface area contributed by atoms with Crippen LogP contribution in [0.2, 0.25) is 5.02 Å². The van der Waals surface area contributed by atoms with E-state index in [2.05, 4.69) is 21.9 Å². The van der Waals surface area contributed by atoms with Gasteiger partial charge in [0.25, 0.3) is 5.56 Å². The van der Waals surface area contributed by atoms with Crippen LogP contribution in [0.5, 0.6) is 11.5 Å². The number of nitrogens with one attached hydrogen (secondary N) is 2. The van der Waals surface area contributed by atoms with E-state index in [9.17, 15) is 4.79 Å². The Morgan fingerprint density at radius 3 is 2.80 bits per heavy atom. The second kappa shape index (κ2) is 9.25. The molecule has 1 heterocycles. The molecule has 2 N–H and O–H groups in total. The molecule has 1 aromatic carbocycles. The molecule has 0 radical (unpaired) electrons. The number of aromatic nitrogens is 2. The molecule has 1 aromatic heterocycles. The molecule has 0 saturated heterocycles. The summed E-state index contributed by atoms with van der Waals surface area (Å²) in [5.41, 5.74) is 1.47. The van der Waals surface area contributed by atoms with Gasteiger partial charge in [-0.05, 0) is 31.5 Å². The number of halogens is 1. The highest BCUT2D eigenvalue weighted by Gasteiger charge is 2.12. The number of nitrogens with zero attached hydrogens (tertiary/aromatic N) is 1. The normalized spacial score (nSPS) is 10.5. The molecule has 25 heavy (non-hydrogen) atoms. The fourth-order valence-corrected chi connectivity index (χ4v) is 2.61. The molecule has 0 unspecified atom stereocenters. The van der Waals surface area contributed by atoms with E-state index in [1.165, 1.54) is 6.07 Å². The summed E-state index contributed by atoms with van der Waals surface area (Å²) < 4.78 is 11.2. The molecule has 7 heteroatoms. The second-order valence-corrected chi connectivity index (χ2v) is 5.78. The van der Waals surface area contributed by atoms with Crippen LogP contribution in [0, 0.1) is 6.92 Å². The molecule has 0 aliphatic heterocycles. The summed E-state index contributed by atoms with van der Waals surface area (Å²) in [5.74, 6) is 1.69. The molecule has 0 saturated carbocycles. The summed E-state index contributed by atoms with van der Waals surface area (Å²) in [4.78, 5) is 18.4. The molecule has 134 valence electrons. The largest absolute Gasteiger partial charge is 0.490 e. The van der Waals surface area contributed by atoms with Crippen molar-refractivity contribution in [2.24, 2.45) is 0 Å². The second-order valence-electron chi connectivity index (χ2n) is 5.37. The Bertz CT molecular complexity index is 790. The van der Waals surface area contributed by atoms with Crippen molar-refractivity contribution in [2.75, 3.05) is 13.2 Å². The number of rotatable bonds is 9. The highest BCUT2D eigenvalue weighted by atomic mass is 35.5. The van der Waals surface area contributed by atoms with E-state index >= 15 is 0 Å². The van der Waals surface area contributed by atoms with Crippen LogP contribution in [-0.2, 0) is 13.1 Å². The van der Waals surface area contributed by atoms with Crippen LogP contribution in [-0.4, -0.2) is 23.2 Å². The average molecular weight is 364 g/mol. The van der Waals surface area contributed by atoms with Crippen molar-refractivity contribution in [3.63, 3.8) is 0 Å². The lowest BCUT2D eigenvalue weighted by atomic mass is 10.2. The van der Waals surface area contributed by atoms with Gasteiger partial charge in [0.05, 0.1) is 18.2 Å². The monoisotopic (exact) mass is 363 g/mol. The summed E-state index contributed by atoms with van der Waals surface area (Å²) >= 11 is 6.32. The first kappa shape index (κ1) is 19.0. The van der Waals surface area contributed by atoms with Crippen molar-refractivity contribution in [2.45, 2.75) is 26.9 Å². The van der Waals surface area contributed by atoms with Gasteiger partial charge in [-0.15, -0.1) is 0 Å². The lowest BCUT2D eigenvalue weighted by molar-refractivity contribution is 0.296. The van der Waals surface area contributed by atoms with Gasteiger partial charge in [-0.3, -0.25) is 4.79 Å². The van der Waals surface area contributed by atoms with Crippen molar-refractivity contribution in [1.82, 2.24) is 15.3 Å². The molecular formula is C18H22ClN3O3. The standard InChI is InChI=1S/C18H22ClN3O3/c1-4-6-25-18-14(19)8-13(9-15(18)24-5-2)10-20-11-16-21-12(3)7-17(23)22-16/h4,7-9,20H,1,5-6,10-11H2,2-3H3,(H,21,22,23). The lowest BCUT2D eigenvalue weighted by Crippen LogP contribution is -2.19. The van der Waals surface area contributed by atoms with Gasteiger partial charge in [0.1, 0.15) is 12.4 Å². The zero-order valence-corrected chi connectivity index (χ0v) is 15.2. The fraction of sp³-hybridized carbons (Fsp3) is 0.333. The SMILES string of the molecule is C=CCOc1c(Cl)cc(CNCc2nc(C)cc(=O)[nH]2)cc1OCC. The smallest absolute Gasteiger partial charge is 0.251 e. The number of H-pyrrole nitrogens is 1. The van der Waals surface area contributed by atoms with E-state index in [0.717, 1.165) is 5.56 Å². The third-order valence-electron chi connectivity index (χ3n) is 3.26. The Labute approximate surface area is 151 Å². The molecule has 0 spiro atoms. The Kier molecular flexibility index (Phi) is 7.03. The number of aromatic amines is 1. The maximum absolute atomic E-state index is 11.5. The summed E-state index contributed by atoms with van der Waals surface area (Å²) in [6.45, 7) is 9.15. The van der Waals surface area contributed by atoms with Crippen LogP contribution in [0.1, 0.15) is 24.0 Å². The van der Waals surface area contributed by atoms with Crippen LogP contribution in [0.15, 0.2) is 35.6 Å². The van der Waals surface area contributed by atoms with E-state index < -0.39 is 0 Å². The summed E-state index contributed by atoms with van der Waals surface area (Å²) in [6, 6.07) is 5.16. The number of hydrogen-bond acceptors (Lipinski definition) is 5. The number of benzene rings is 1. The molecule has 0 atom stereocenters. The van der Waals surface area contributed by atoms with Crippen molar-refractivity contribution in [3.8, 4) is 11.5 Å². The maximum Gasteiger partial charge on any atom is 0.251 e. The topological polar surface area (TPSA) is 76.2 Å². The Hall–Kier alpha value is -2.31. The van der Waals surface area contributed by atoms with Gasteiger partial charge in [0, 0.05) is 18.3 Å². The van der Waals surface area contributed by atoms with Gasteiger partial charge >= 0.3 is 0 Å². The van der Waals surface area contributed by atoms with Crippen LogP contribution in [0.3, 0.4) is 0 Å². The molecule has 0 aliphatic carbocycles. The third-order valence-corrected chi connectivity index (χ3v) is 3.54. The number of aryl methyl sites for hydroxylation is 1. The minimum absolute atomic E-state index is 0.158. The van der Waals surface area contributed by atoms with E-state index in [1.54, 1.807) is 13.0 Å². The van der Waals surface area contributed by atoms with Crippen molar-refractivity contribution in [1.29, 1.82) is 0 Å². The van der Waals surface area contributed by atoms with E-state index in [4.69, 9.17) is 21.1 Å². The van der Waals surface area contributed by atoms with Gasteiger partial charge in [-0.1, -0.05) is 24.3 Å². The van der Waals surface area contributed by atoms with E-state index in [1.807, 2.05) is 19.1 Å². The first-order valence-corrected chi connectivity index (χ1v) is 8.37. The molecule has 2 rings (SSSR count). The van der Waals surface area contributed by atoms with Gasteiger partial charge in [-0.2, -0.15) is 0 Å². The van der Waals surface area contributed by atoms with Crippen LogP contribution in [0.25, 0.3) is 0 Å². The first-order chi connectivity index (χ1) is 12.0. The van der Waals surface area contributed by atoms with Crippen molar-refractivity contribution in [3.05, 3.63) is 63.3 Å². The molecule has 0 bridgehead atoms. The zero-order valence-electron chi connectivity index (χ0n) is 14.4. The zero-order chi connectivity index (χ0) is 18.2. The summed E-state index contributed by atoms with van der Waals surface area (Å²) in [6.07, 6.45) is 1.65. The molecule has 0 amide bonds. The van der Waals surface area contributed by atoms with Gasteiger partial charge in [0.2, 0.25) is 0 Å². The van der Waals surface area contributed by atoms with Crippen LogP contribution < -0.4 is 20.3 Å². The minimum Gasteiger partial charge on any atom is -0.490 e. The molecule has 0 fully saturated rings. The molecular weight excluding hydrogens is 342 g/mol. The molecule has 2 aromatic rings. The number of hydrogen-bond donors (Lipinski definition) is 2. The maximum atomic E-state index is 11.5. The Morgan fingerprint density at radius 2 is 2.12 bits per heavy atom. The third kappa shape index (κ3) is 5.62. The van der Waals surface area contributed by atoms with Crippen LogP contribution >= 0.6 is 11.6 Å². The quantitative estimate of drug-likeness (QED) is 0.670. The Morgan fingerprint density at radius 1 is 1.32 bits per heavy atom.